The average Bonchev–Trinajstić information content (AvgIpc) is 2.45. The number of hydrogen-bond acceptors (Lipinski definition) is 3. The molecule has 0 radical (unpaired) electrons. The van der Waals surface area contributed by atoms with Crippen LogP contribution in [-0.4, -0.2) is 27.1 Å². The van der Waals surface area contributed by atoms with Crippen molar-refractivity contribution < 1.29 is 9.53 Å². The van der Waals surface area contributed by atoms with E-state index in [0.717, 1.165) is 0 Å². The summed E-state index contributed by atoms with van der Waals surface area (Å²) in [5.74, 6) is 0.318. The highest BCUT2D eigenvalue weighted by molar-refractivity contribution is 9.09. The second kappa shape index (κ2) is 5.16. The Balaban J connectivity index is 2.81. The minimum Gasteiger partial charge on any atom is -0.472 e. The number of rotatable bonds is 4. The largest absolute Gasteiger partial charge is 0.472 e. The number of nitrogens with zero attached hydrogens (tertiary/aromatic N) is 2. The number of hydrogen-bond donors (Lipinski definition) is 1. The monoisotopic (exact) mass is 275 g/mol. The van der Waals surface area contributed by atoms with Crippen LogP contribution in [0, 0.1) is 0 Å². The number of amides is 1. The Bertz CT molecular complexity index is 349. The van der Waals surface area contributed by atoms with Crippen LogP contribution in [0.3, 0.4) is 0 Å². The van der Waals surface area contributed by atoms with Gasteiger partial charge in [-0.25, -0.2) is 0 Å². The Labute approximate surface area is 96.9 Å². The van der Waals surface area contributed by atoms with Crippen LogP contribution in [0.15, 0.2) is 6.20 Å². The Morgan fingerprint density at radius 1 is 1.73 bits per heavy atom. The maximum atomic E-state index is 11.2. The van der Waals surface area contributed by atoms with Crippen molar-refractivity contribution in [2.24, 2.45) is 7.05 Å². The molecule has 6 heteroatoms. The first-order chi connectivity index (χ1) is 7.02. The summed E-state index contributed by atoms with van der Waals surface area (Å²) in [7, 11) is 1.77. The summed E-state index contributed by atoms with van der Waals surface area (Å²) in [6.07, 6.45) is 1.73. The maximum Gasteiger partial charge on any atom is 0.257 e. The smallest absolute Gasteiger partial charge is 0.257 e. The zero-order valence-corrected chi connectivity index (χ0v) is 10.5. The first kappa shape index (κ1) is 12.0. The molecule has 0 atom stereocenters. The fourth-order valence-electron chi connectivity index (χ4n) is 1.05. The fraction of sp³-hybridized carbons (Fsp3) is 0.556. The quantitative estimate of drug-likeness (QED) is 0.849. The number of nitrogens with one attached hydrogen (secondary N) is 1. The lowest BCUT2D eigenvalue weighted by atomic mass is 10.4. The summed E-state index contributed by atoms with van der Waals surface area (Å²) in [4.78, 5) is 11.2. The molecule has 84 valence electrons. The van der Waals surface area contributed by atoms with Gasteiger partial charge in [-0.1, -0.05) is 15.9 Å². The van der Waals surface area contributed by atoms with Gasteiger partial charge in [0.25, 0.3) is 5.88 Å². The van der Waals surface area contributed by atoms with Crippen molar-refractivity contribution in [2.75, 3.05) is 10.6 Å². The Morgan fingerprint density at radius 3 is 2.93 bits per heavy atom. The predicted octanol–water partition coefficient (Wildman–Crippen LogP) is 1.54. The number of halogens is 1. The number of ether oxygens (including phenoxy) is 1. The van der Waals surface area contributed by atoms with Crippen LogP contribution in [0.4, 0.5) is 5.69 Å². The molecule has 5 nitrogen and oxygen atoms in total. The Kier molecular flexibility index (Phi) is 4.14. The van der Waals surface area contributed by atoms with Gasteiger partial charge in [0.2, 0.25) is 5.91 Å². The third-order valence-corrected chi connectivity index (χ3v) is 2.05. The lowest BCUT2D eigenvalue weighted by Crippen LogP contribution is -2.14. The van der Waals surface area contributed by atoms with Gasteiger partial charge in [0, 0.05) is 7.05 Å². The molecule has 15 heavy (non-hydrogen) atoms. The third-order valence-electron chi connectivity index (χ3n) is 1.54. The Hall–Kier alpha value is -1.04. The molecule has 1 heterocycles. The zero-order chi connectivity index (χ0) is 11.4. The molecule has 1 aromatic heterocycles. The molecule has 0 spiro atoms. The number of carbonyl (C=O) groups excluding carboxylic acids is 1. The lowest BCUT2D eigenvalue weighted by molar-refractivity contribution is -0.113. The van der Waals surface area contributed by atoms with Crippen LogP contribution < -0.4 is 10.1 Å². The molecule has 0 aliphatic carbocycles. The molecule has 1 amide bonds. The normalized spacial score (nSPS) is 10.5. The average molecular weight is 276 g/mol. The predicted molar refractivity (Wildman–Crippen MR) is 61.4 cm³/mol. The van der Waals surface area contributed by atoms with Crippen LogP contribution in [0.25, 0.3) is 0 Å². The van der Waals surface area contributed by atoms with E-state index in [1.54, 1.807) is 17.9 Å². The molecule has 0 aliphatic rings. The highest BCUT2D eigenvalue weighted by Gasteiger charge is 2.12. The highest BCUT2D eigenvalue weighted by atomic mass is 79.9. The molecule has 0 fully saturated rings. The SMILES string of the molecule is CC(C)Oc1nn(C)cc1NC(=O)CBr. The first-order valence-corrected chi connectivity index (χ1v) is 5.71. The Morgan fingerprint density at radius 2 is 2.40 bits per heavy atom. The van der Waals surface area contributed by atoms with Crippen molar-refractivity contribution in [1.82, 2.24) is 9.78 Å². The van der Waals surface area contributed by atoms with E-state index in [1.807, 2.05) is 13.8 Å². The van der Waals surface area contributed by atoms with E-state index in [1.165, 1.54) is 0 Å². The van der Waals surface area contributed by atoms with Crippen LogP contribution in [0.2, 0.25) is 0 Å². The molecule has 0 aromatic carbocycles. The van der Waals surface area contributed by atoms with E-state index in [2.05, 4.69) is 26.3 Å². The van der Waals surface area contributed by atoms with Crippen LogP contribution in [0.1, 0.15) is 13.8 Å². The number of carbonyl (C=O) groups is 1. The summed E-state index contributed by atoms with van der Waals surface area (Å²) in [6, 6.07) is 0. The molecule has 0 saturated heterocycles. The topological polar surface area (TPSA) is 56.1 Å². The van der Waals surface area contributed by atoms with Gasteiger partial charge < -0.3 is 10.1 Å². The van der Waals surface area contributed by atoms with E-state index in [9.17, 15) is 4.79 Å². The maximum absolute atomic E-state index is 11.2. The van der Waals surface area contributed by atoms with Gasteiger partial charge in [-0.2, -0.15) is 0 Å². The van der Waals surface area contributed by atoms with Gasteiger partial charge in [0.1, 0.15) is 5.69 Å². The van der Waals surface area contributed by atoms with Crippen molar-refractivity contribution in [2.45, 2.75) is 20.0 Å². The number of aromatic nitrogens is 2. The first-order valence-electron chi connectivity index (χ1n) is 4.59. The molecule has 1 rings (SSSR count). The second-order valence-corrected chi connectivity index (χ2v) is 3.93. The van der Waals surface area contributed by atoms with Crippen molar-refractivity contribution in [3.8, 4) is 5.88 Å². The van der Waals surface area contributed by atoms with Gasteiger partial charge in [-0.3, -0.25) is 9.48 Å². The molecule has 1 aromatic rings. The second-order valence-electron chi connectivity index (χ2n) is 3.37. The molecule has 0 unspecified atom stereocenters. The van der Waals surface area contributed by atoms with E-state index in [4.69, 9.17) is 4.74 Å². The molecule has 1 N–H and O–H groups in total. The van der Waals surface area contributed by atoms with E-state index in [-0.39, 0.29) is 17.3 Å². The number of alkyl halides is 1. The van der Waals surface area contributed by atoms with Crippen molar-refractivity contribution in [1.29, 1.82) is 0 Å². The van der Waals surface area contributed by atoms with Gasteiger partial charge in [0.05, 0.1) is 17.6 Å². The van der Waals surface area contributed by atoms with Crippen molar-refractivity contribution >= 4 is 27.5 Å². The molecule has 0 bridgehead atoms. The van der Waals surface area contributed by atoms with Gasteiger partial charge in [-0.05, 0) is 13.8 Å². The summed E-state index contributed by atoms with van der Waals surface area (Å²) in [6.45, 7) is 3.82. The standard InChI is InChI=1S/C9H14BrN3O2/c1-6(2)15-9-7(5-13(3)12-9)11-8(14)4-10/h5-6H,4H2,1-3H3,(H,11,14). The van der Waals surface area contributed by atoms with E-state index >= 15 is 0 Å². The molecule has 0 saturated carbocycles. The fourth-order valence-corrected chi connectivity index (χ4v) is 1.19. The van der Waals surface area contributed by atoms with Crippen molar-refractivity contribution in [3.63, 3.8) is 0 Å². The highest BCUT2D eigenvalue weighted by Crippen LogP contribution is 2.22. The lowest BCUT2D eigenvalue weighted by Gasteiger charge is -2.08. The third kappa shape index (κ3) is 3.54. The summed E-state index contributed by atoms with van der Waals surface area (Å²) in [5, 5.41) is 7.05. The van der Waals surface area contributed by atoms with Gasteiger partial charge in [-0.15, -0.1) is 5.10 Å². The summed E-state index contributed by atoms with van der Waals surface area (Å²) >= 11 is 3.07. The number of anilines is 1. The zero-order valence-electron chi connectivity index (χ0n) is 8.95. The van der Waals surface area contributed by atoms with Crippen LogP contribution >= 0.6 is 15.9 Å². The van der Waals surface area contributed by atoms with E-state index < -0.39 is 0 Å². The minimum atomic E-state index is -0.128. The minimum absolute atomic E-state index is 0.0273. The summed E-state index contributed by atoms with van der Waals surface area (Å²) < 4.78 is 7.05. The number of aryl methyl sites for hydroxylation is 1. The van der Waals surface area contributed by atoms with Gasteiger partial charge in [0.15, 0.2) is 0 Å². The van der Waals surface area contributed by atoms with Gasteiger partial charge >= 0.3 is 0 Å². The van der Waals surface area contributed by atoms with Crippen LogP contribution in [-0.2, 0) is 11.8 Å². The van der Waals surface area contributed by atoms with E-state index in [0.29, 0.717) is 11.6 Å². The molecular formula is C9H14BrN3O2. The van der Waals surface area contributed by atoms with Crippen LogP contribution in [0.5, 0.6) is 5.88 Å². The summed E-state index contributed by atoms with van der Waals surface area (Å²) in [5.41, 5.74) is 0.593. The van der Waals surface area contributed by atoms with Crippen molar-refractivity contribution in [3.05, 3.63) is 6.20 Å². The molecule has 0 aliphatic heterocycles. The molecular weight excluding hydrogens is 262 g/mol.